The molecule has 50 valence electrons. The van der Waals surface area contributed by atoms with Crippen LogP contribution in [0.1, 0.15) is 0 Å². The van der Waals surface area contributed by atoms with Crippen molar-refractivity contribution in [2.75, 3.05) is 0 Å². The Kier molecular flexibility index (Phi) is 1.96. The lowest BCUT2D eigenvalue weighted by Crippen LogP contribution is -2.07. The van der Waals surface area contributed by atoms with Gasteiger partial charge in [-0.05, 0) is 6.07 Å². The maximum absolute atomic E-state index is 5.08. The molecule has 5 heteroatoms. The van der Waals surface area contributed by atoms with Gasteiger partial charge >= 0.3 is 0 Å². The van der Waals surface area contributed by atoms with Crippen molar-refractivity contribution in [3.63, 3.8) is 0 Å². The molecule has 1 aromatic heterocycles. The molecule has 1 aromatic rings. The zero-order chi connectivity index (χ0) is 6.69. The Balaban J connectivity index is 2.85. The van der Waals surface area contributed by atoms with Gasteiger partial charge in [-0.25, -0.2) is 0 Å². The molecule has 0 aromatic carbocycles. The third-order valence-electron chi connectivity index (χ3n) is 1.08. The van der Waals surface area contributed by atoms with Crippen molar-refractivity contribution < 1.29 is 8.95 Å². The fraction of sp³-hybridized carbons (Fsp3) is 0. The Labute approximate surface area is 59.6 Å². The second-order valence-electron chi connectivity index (χ2n) is 1.56. The normalized spacial score (nSPS) is 9.78. The molecule has 0 atom stereocenters. The van der Waals surface area contributed by atoms with E-state index in [0.717, 1.165) is 5.88 Å². The minimum Gasteiger partial charge on any atom is -0.540 e. The number of nitrogens with zero attached hydrogens (tertiary/aromatic N) is 1. The average molecular weight is 159 g/mol. The fourth-order valence-electron chi connectivity index (χ4n) is 0.659. The first-order chi connectivity index (χ1) is 4.38. The van der Waals surface area contributed by atoms with E-state index in [0.29, 0.717) is 21.0 Å². The second-order valence-corrected chi connectivity index (χ2v) is 2.33. The highest BCUT2D eigenvalue weighted by Crippen LogP contribution is 2.06. The molecule has 0 bridgehead atoms. The number of hydrogen-bond acceptors (Lipinski definition) is 2. The van der Waals surface area contributed by atoms with Gasteiger partial charge in [-0.1, -0.05) is 0 Å². The van der Waals surface area contributed by atoms with Crippen LogP contribution in [0.15, 0.2) is 18.3 Å². The lowest BCUT2D eigenvalue weighted by Gasteiger charge is -2.05. The Bertz CT molecular complexity index is 170. The molecule has 0 aliphatic rings. The van der Waals surface area contributed by atoms with Gasteiger partial charge in [-0.3, -0.25) is 0 Å². The minimum atomic E-state index is 0.694. The molecule has 0 amide bonds. The summed E-state index contributed by atoms with van der Waals surface area (Å²) in [5, 5.41) is 0. The van der Waals surface area contributed by atoms with E-state index in [1.165, 1.54) is 0 Å². The van der Waals surface area contributed by atoms with E-state index >= 15 is 0 Å². The van der Waals surface area contributed by atoms with Gasteiger partial charge in [-0.15, -0.1) is 0 Å². The summed E-state index contributed by atoms with van der Waals surface area (Å²) in [6.45, 7) is 0. The van der Waals surface area contributed by atoms with Crippen molar-refractivity contribution in [3.05, 3.63) is 18.3 Å². The molecule has 0 N–H and O–H groups in total. The summed E-state index contributed by atoms with van der Waals surface area (Å²) in [7, 11) is 1.40. The summed E-state index contributed by atoms with van der Waals surface area (Å²) in [6.07, 6.45) is 1.83. The summed E-state index contributed by atoms with van der Waals surface area (Å²) >= 11 is 0. The van der Waals surface area contributed by atoms with E-state index in [9.17, 15) is 0 Å². The number of aromatic nitrogens is 1. The topological polar surface area (TPSA) is 23.4 Å². The quantitative estimate of drug-likeness (QED) is 0.460. The van der Waals surface area contributed by atoms with Crippen molar-refractivity contribution in [1.82, 2.24) is 4.73 Å². The Morgan fingerprint density at radius 2 is 2.22 bits per heavy atom. The summed E-state index contributed by atoms with van der Waals surface area (Å²) in [4.78, 5) is 0. The molecular weight excluding hydrogens is 150 g/mol. The largest absolute Gasteiger partial charge is 0.540 e. The van der Waals surface area contributed by atoms with Crippen LogP contribution in [0.25, 0.3) is 0 Å². The molecule has 1 rings (SSSR count). The lowest BCUT2D eigenvalue weighted by molar-refractivity contribution is 0.272. The SMILES string of the molecule is [SiH3]Oc1cccn1O[SiH3]. The Morgan fingerprint density at radius 1 is 1.44 bits per heavy atom. The third kappa shape index (κ3) is 1.17. The van der Waals surface area contributed by atoms with Crippen LogP contribution in [-0.4, -0.2) is 25.7 Å². The standard InChI is InChI=1S/C4H9NO2Si2/c8-6-4-2-1-3-5(4)7-9/h1-3H,8-9H3. The van der Waals surface area contributed by atoms with Gasteiger partial charge in [0.05, 0.1) is 0 Å². The summed E-state index contributed by atoms with van der Waals surface area (Å²) in [5.74, 6) is 0.802. The van der Waals surface area contributed by atoms with Gasteiger partial charge < -0.3 is 8.95 Å². The van der Waals surface area contributed by atoms with E-state index in [4.69, 9.17) is 8.95 Å². The Hall–Kier alpha value is -0.686. The first kappa shape index (κ1) is 6.43. The van der Waals surface area contributed by atoms with Crippen LogP contribution in [0, 0.1) is 0 Å². The van der Waals surface area contributed by atoms with E-state index in [1.54, 1.807) is 4.73 Å². The van der Waals surface area contributed by atoms with Crippen molar-refractivity contribution in [3.8, 4) is 5.88 Å². The second kappa shape index (κ2) is 2.74. The van der Waals surface area contributed by atoms with Gasteiger partial charge in [0.25, 0.3) is 0 Å². The predicted molar refractivity (Wildman–Crippen MR) is 41.5 cm³/mol. The molecule has 0 aliphatic carbocycles. The molecule has 0 fully saturated rings. The summed E-state index contributed by atoms with van der Waals surface area (Å²) in [5.41, 5.74) is 0. The Morgan fingerprint density at radius 3 is 2.67 bits per heavy atom. The zero-order valence-electron chi connectivity index (χ0n) is 5.50. The average Bonchev–Trinajstić information content (AvgIpc) is 2.33. The lowest BCUT2D eigenvalue weighted by atomic mass is 10.7. The van der Waals surface area contributed by atoms with Crippen LogP contribution in [0.5, 0.6) is 5.88 Å². The van der Waals surface area contributed by atoms with Gasteiger partial charge in [0.15, 0.2) is 0 Å². The van der Waals surface area contributed by atoms with Crippen molar-refractivity contribution >= 4 is 21.0 Å². The first-order valence-electron chi connectivity index (χ1n) is 2.64. The van der Waals surface area contributed by atoms with Gasteiger partial charge in [0, 0.05) is 12.3 Å². The van der Waals surface area contributed by atoms with Crippen molar-refractivity contribution in [2.24, 2.45) is 0 Å². The molecule has 0 radical (unpaired) electrons. The van der Waals surface area contributed by atoms with E-state index < -0.39 is 0 Å². The van der Waals surface area contributed by atoms with E-state index in [2.05, 4.69) is 0 Å². The van der Waals surface area contributed by atoms with Crippen LogP contribution in [0.2, 0.25) is 0 Å². The smallest absolute Gasteiger partial charge is 0.240 e. The molecule has 0 saturated carbocycles. The highest BCUT2D eigenvalue weighted by molar-refractivity contribution is 6.00. The fourth-order valence-corrected chi connectivity index (χ4v) is 1.28. The van der Waals surface area contributed by atoms with Gasteiger partial charge in [0.1, 0.15) is 0 Å². The van der Waals surface area contributed by atoms with Crippen molar-refractivity contribution in [1.29, 1.82) is 0 Å². The molecule has 0 spiro atoms. The molecule has 9 heavy (non-hydrogen) atoms. The maximum atomic E-state index is 5.08. The number of rotatable bonds is 2. The predicted octanol–water partition coefficient (Wildman–Crippen LogP) is -2.14. The van der Waals surface area contributed by atoms with Gasteiger partial charge in [0.2, 0.25) is 26.9 Å². The number of hydrogen-bond donors (Lipinski definition) is 0. The minimum absolute atomic E-state index is 0.694. The van der Waals surface area contributed by atoms with E-state index in [-0.39, 0.29) is 0 Å². The summed E-state index contributed by atoms with van der Waals surface area (Å²) in [6, 6.07) is 3.77. The van der Waals surface area contributed by atoms with E-state index in [1.807, 2.05) is 18.3 Å². The molecule has 1 heterocycles. The molecule has 3 nitrogen and oxygen atoms in total. The van der Waals surface area contributed by atoms with Crippen LogP contribution in [0.3, 0.4) is 0 Å². The third-order valence-corrected chi connectivity index (χ3v) is 1.89. The van der Waals surface area contributed by atoms with Crippen molar-refractivity contribution in [2.45, 2.75) is 0 Å². The van der Waals surface area contributed by atoms with Crippen LogP contribution >= 0.6 is 0 Å². The maximum Gasteiger partial charge on any atom is 0.240 e. The summed E-state index contributed by atoms with van der Waals surface area (Å²) < 4.78 is 11.7. The zero-order valence-corrected chi connectivity index (χ0v) is 9.50. The van der Waals surface area contributed by atoms with Crippen LogP contribution < -0.4 is 8.95 Å². The van der Waals surface area contributed by atoms with Gasteiger partial charge in [-0.2, -0.15) is 4.73 Å². The highest BCUT2D eigenvalue weighted by atomic mass is 28.2. The van der Waals surface area contributed by atoms with Crippen LogP contribution in [0.4, 0.5) is 0 Å². The highest BCUT2D eigenvalue weighted by Gasteiger charge is 1.94. The van der Waals surface area contributed by atoms with Crippen LogP contribution in [-0.2, 0) is 0 Å². The monoisotopic (exact) mass is 159 g/mol. The first-order valence-corrected chi connectivity index (χ1v) is 4.27. The molecule has 0 saturated heterocycles. The molecular formula is C4H9NO2Si2. The molecule has 0 unspecified atom stereocenters. The molecule has 0 aliphatic heterocycles.